The Morgan fingerprint density at radius 1 is 1.07 bits per heavy atom. The first kappa shape index (κ1) is 9.97. The third kappa shape index (κ3) is 1.78. The summed E-state index contributed by atoms with van der Waals surface area (Å²) in [7, 11) is 4.31. The maximum atomic E-state index is 5.86. The van der Waals surface area contributed by atoms with Gasteiger partial charge < -0.3 is 0 Å². The van der Waals surface area contributed by atoms with Gasteiger partial charge in [-0.25, -0.2) is 0 Å². The van der Waals surface area contributed by atoms with Gasteiger partial charge in [-0.15, -0.1) is 0 Å². The zero-order valence-electron chi connectivity index (χ0n) is 8.57. The summed E-state index contributed by atoms with van der Waals surface area (Å²) >= 11 is 5.86. The Labute approximate surface area is 90.1 Å². The molecule has 1 heterocycles. The zero-order valence-corrected chi connectivity index (χ0v) is 9.33. The average molecular weight is 211 g/mol. The van der Waals surface area contributed by atoms with Crippen molar-refractivity contribution in [1.82, 2.24) is 9.80 Å². The van der Waals surface area contributed by atoms with Crippen LogP contribution < -0.4 is 0 Å². The minimum atomic E-state index is 0.410. The second-order valence-electron chi connectivity index (χ2n) is 3.89. The molecule has 0 spiro atoms. The molecule has 1 aliphatic rings. The molecule has 0 aliphatic carbocycles. The highest BCUT2D eigenvalue weighted by molar-refractivity contribution is 6.30. The molecule has 0 bridgehead atoms. The fourth-order valence-electron chi connectivity index (χ4n) is 2.04. The second-order valence-corrected chi connectivity index (χ2v) is 4.32. The molecule has 2 rings (SSSR count). The maximum absolute atomic E-state index is 5.86. The second kappa shape index (κ2) is 3.89. The van der Waals surface area contributed by atoms with Crippen LogP contribution in [0.5, 0.6) is 0 Å². The smallest absolute Gasteiger partial charge is 0.0882 e. The van der Waals surface area contributed by atoms with E-state index in [4.69, 9.17) is 11.6 Å². The van der Waals surface area contributed by atoms with Crippen molar-refractivity contribution in [2.75, 3.05) is 27.2 Å². The van der Waals surface area contributed by atoms with Crippen LogP contribution in [-0.2, 0) is 0 Å². The van der Waals surface area contributed by atoms with E-state index in [0.29, 0.717) is 6.17 Å². The number of hydrogen-bond acceptors (Lipinski definition) is 2. The molecule has 1 aromatic rings. The standard InChI is InChI=1S/C11H15ClN2/c1-13-7-8-14(2)11(13)9-3-5-10(12)6-4-9/h3-6,11H,7-8H2,1-2H3. The lowest BCUT2D eigenvalue weighted by molar-refractivity contribution is 0.190. The Morgan fingerprint density at radius 2 is 1.57 bits per heavy atom. The van der Waals surface area contributed by atoms with E-state index in [2.05, 4.69) is 36.0 Å². The highest BCUT2D eigenvalue weighted by atomic mass is 35.5. The number of nitrogens with zero attached hydrogens (tertiary/aromatic N) is 2. The molecule has 1 saturated heterocycles. The summed E-state index contributed by atoms with van der Waals surface area (Å²) in [6.07, 6.45) is 0.410. The molecule has 3 heteroatoms. The van der Waals surface area contributed by atoms with E-state index in [1.54, 1.807) is 0 Å². The summed E-state index contributed by atoms with van der Waals surface area (Å²) in [4.78, 5) is 4.70. The van der Waals surface area contributed by atoms with Gasteiger partial charge >= 0.3 is 0 Å². The third-order valence-electron chi connectivity index (χ3n) is 2.81. The highest BCUT2D eigenvalue weighted by Gasteiger charge is 2.27. The molecular formula is C11H15ClN2. The number of rotatable bonds is 1. The first-order chi connectivity index (χ1) is 6.68. The Morgan fingerprint density at radius 3 is 2.07 bits per heavy atom. The predicted molar refractivity (Wildman–Crippen MR) is 59.5 cm³/mol. The van der Waals surface area contributed by atoms with Crippen LogP contribution in [0, 0.1) is 0 Å². The van der Waals surface area contributed by atoms with E-state index in [0.717, 1.165) is 18.1 Å². The summed E-state index contributed by atoms with van der Waals surface area (Å²) in [5, 5.41) is 0.803. The zero-order chi connectivity index (χ0) is 10.1. The number of halogens is 1. The van der Waals surface area contributed by atoms with Crippen molar-refractivity contribution >= 4 is 11.6 Å². The van der Waals surface area contributed by atoms with Crippen molar-refractivity contribution in [2.45, 2.75) is 6.17 Å². The fraction of sp³-hybridized carbons (Fsp3) is 0.455. The first-order valence-corrected chi connectivity index (χ1v) is 5.22. The van der Waals surface area contributed by atoms with Crippen molar-refractivity contribution in [1.29, 1.82) is 0 Å². The van der Waals surface area contributed by atoms with Crippen molar-refractivity contribution in [3.8, 4) is 0 Å². The molecule has 14 heavy (non-hydrogen) atoms. The molecule has 1 fully saturated rings. The van der Waals surface area contributed by atoms with Crippen LogP contribution in [-0.4, -0.2) is 37.0 Å². The Bertz CT molecular complexity index is 300. The molecule has 0 aromatic heterocycles. The first-order valence-electron chi connectivity index (χ1n) is 4.84. The third-order valence-corrected chi connectivity index (χ3v) is 3.06. The topological polar surface area (TPSA) is 6.48 Å². The van der Waals surface area contributed by atoms with Gasteiger partial charge in [0.25, 0.3) is 0 Å². The predicted octanol–water partition coefficient (Wildman–Crippen LogP) is 2.22. The summed E-state index contributed by atoms with van der Waals surface area (Å²) < 4.78 is 0. The lowest BCUT2D eigenvalue weighted by atomic mass is 10.1. The monoisotopic (exact) mass is 210 g/mol. The van der Waals surface area contributed by atoms with Crippen molar-refractivity contribution < 1.29 is 0 Å². The molecule has 0 saturated carbocycles. The molecule has 2 nitrogen and oxygen atoms in total. The number of likely N-dealkylation sites (N-methyl/N-ethyl adjacent to an activating group) is 2. The molecular weight excluding hydrogens is 196 g/mol. The van der Waals surface area contributed by atoms with Gasteiger partial charge in [0.2, 0.25) is 0 Å². The van der Waals surface area contributed by atoms with Gasteiger partial charge in [0, 0.05) is 18.1 Å². The average Bonchev–Trinajstić information content (AvgIpc) is 2.49. The molecule has 0 N–H and O–H groups in total. The van der Waals surface area contributed by atoms with Crippen LogP contribution in [0.15, 0.2) is 24.3 Å². The van der Waals surface area contributed by atoms with Crippen molar-refractivity contribution in [2.24, 2.45) is 0 Å². The molecule has 0 amide bonds. The van der Waals surface area contributed by atoms with E-state index in [1.165, 1.54) is 5.56 Å². The van der Waals surface area contributed by atoms with Gasteiger partial charge in [-0.2, -0.15) is 0 Å². The van der Waals surface area contributed by atoms with E-state index in [1.807, 2.05) is 12.1 Å². The SMILES string of the molecule is CN1CCN(C)C1c1ccc(Cl)cc1. The summed E-state index contributed by atoms with van der Waals surface area (Å²) in [5.74, 6) is 0. The van der Waals surface area contributed by atoms with E-state index in [-0.39, 0.29) is 0 Å². The van der Waals surface area contributed by atoms with Gasteiger partial charge in [-0.1, -0.05) is 23.7 Å². The minimum absolute atomic E-state index is 0.410. The molecule has 1 aliphatic heterocycles. The lowest BCUT2D eigenvalue weighted by Gasteiger charge is -2.25. The van der Waals surface area contributed by atoms with Crippen LogP contribution in [0.3, 0.4) is 0 Å². The molecule has 0 atom stereocenters. The van der Waals surface area contributed by atoms with Crippen LogP contribution in [0.25, 0.3) is 0 Å². The maximum Gasteiger partial charge on any atom is 0.0882 e. The number of benzene rings is 1. The minimum Gasteiger partial charge on any atom is -0.286 e. The normalized spacial score (nSPS) is 20.5. The Balaban J connectivity index is 2.25. The van der Waals surface area contributed by atoms with E-state index in [9.17, 15) is 0 Å². The quantitative estimate of drug-likeness (QED) is 0.702. The highest BCUT2D eigenvalue weighted by Crippen LogP contribution is 2.27. The van der Waals surface area contributed by atoms with E-state index < -0.39 is 0 Å². The fourth-order valence-corrected chi connectivity index (χ4v) is 2.17. The van der Waals surface area contributed by atoms with Gasteiger partial charge in [0.15, 0.2) is 0 Å². The molecule has 1 aromatic carbocycles. The van der Waals surface area contributed by atoms with Crippen LogP contribution >= 0.6 is 11.6 Å². The Hall–Kier alpha value is -0.570. The summed E-state index contributed by atoms with van der Waals surface area (Å²) in [5.41, 5.74) is 1.32. The van der Waals surface area contributed by atoms with Crippen molar-refractivity contribution in [3.63, 3.8) is 0 Å². The van der Waals surface area contributed by atoms with Gasteiger partial charge in [0.1, 0.15) is 0 Å². The summed E-state index contributed by atoms with van der Waals surface area (Å²) in [6.45, 7) is 2.26. The summed E-state index contributed by atoms with van der Waals surface area (Å²) in [6, 6.07) is 8.12. The molecule has 0 radical (unpaired) electrons. The van der Waals surface area contributed by atoms with Gasteiger partial charge in [0.05, 0.1) is 6.17 Å². The molecule has 76 valence electrons. The molecule has 0 unspecified atom stereocenters. The Kier molecular flexibility index (Phi) is 2.77. The van der Waals surface area contributed by atoms with Gasteiger partial charge in [-0.05, 0) is 31.8 Å². The van der Waals surface area contributed by atoms with Gasteiger partial charge in [-0.3, -0.25) is 9.80 Å². The van der Waals surface area contributed by atoms with Crippen LogP contribution in [0.1, 0.15) is 11.7 Å². The van der Waals surface area contributed by atoms with Crippen LogP contribution in [0.4, 0.5) is 0 Å². The largest absolute Gasteiger partial charge is 0.286 e. The number of hydrogen-bond donors (Lipinski definition) is 0. The lowest BCUT2D eigenvalue weighted by Crippen LogP contribution is -2.25. The van der Waals surface area contributed by atoms with E-state index >= 15 is 0 Å². The van der Waals surface area contributed by atoms with Crippen LogP contribution in [0.2, 0.25) is 5.02 Å². The van der Waals surface area contributed by atoms with Crippen molar-refractivity contribution in [3.05, 3.63) is 34.9 Å².